The molecule has 1 unspecified atom stereocenters. The maximum atomic E-state index is 13.4. The zero-order chi connectivity index (χ0) is 21.6. The second-order valence-corrected chi connectivity index (χ2v) is 8.38. The van der Waals surface area contributed by atoms with Gasteiger partial charge in [-0.15, -0.1) is 0 Å². The van der Waals surface area contributed by atoms with Crippen LogP contribution < -0.4 is 5.56 Å². The normalized spacial score (nSPS) is 13.0. The molecule has 0 radical (unpaired) electrons. The van der Waals surface area contributed by atoms with Crippen LogP contribution in [0, 0.1) is 0 Å². The van der Waals surface area contributed by atoms with Crippen molar-refractivity contribution in [1.29, 1.82) is 0 Å². The first-order valence-corrected chi connectivity index (χ1v) is 9.92. The molecule has 0 saturated heterocycles. The zero-order valence-corrected chi connectivity index (χ0v) is 17.9. The number of rotatable bonds is 4. The molecule has 0 saturated carbocycles. The van der Waals surface area contributed by atoms with Crippen molar-refractivity contribution in [3.8, 4) is 22.5 Å². The summed E-state index contributed by atoms with van der Waals surface area (Å²) >= 11 is 6.03. The second-order valence-electron chi connectivity index (χ2n) is 7.95. The summed E-state index contributed by atoms with van der Waals surface area (Å²) in [5, 5.41) is 15.7. The van der Waals surface area contributed by atoms with Crippen molar-refractivity contribution in [2.45, 2.75) is 32.4 Å². The molecule has 0 amide bonds. The van der Waals surface area contributed by atoms with Gasteiger partial charge in [-0.3, -0.25) is 14.0 Å². The fourth-order valence-corrected chi connectivity index (χ4v) is 3.40. The van der Waals surface area contributed by atoms with Gasteiger partial charge >= 0.3 is 0 Å². The van der Waals surface area contributed by atoms with Gasteiger partial charge in [0, 0.05) is 29.4 Å². The van der Waals surface area contributed by atoms with Crippen LogP contribution in [-0.2, 0) is 7.05 Å². The predicted molar refractivity (Wildman–Crippen MR) is 117 cm³/mol. The minimum atomic E-state index is -1.09. The van der Waals surface area contributed by atoms with Gasteiger partial charge in [0.05, 0.1) is 35.2 Å². The maximum Gasteiger partial charge on any atom is 0.261 e. The highest BCUT2D eigenvalue weighted by molar-refractivity contribution is 6.30. The van der Waals surface area contributed by atoms with Crippen LogP contribution in [0.15, 0.2) is 53.8 Å². The topological polar surface area (TPSA) is 85.8 Å². The number of nitrogens with zero attached hydrogens (tertiary/aromatic N) is 5. The van der Waals surface area contributed by atoms with E-state index in [9.17, 15) is 9.90 Å². The molecule has 1 N–H and O–H groups in total. The molecule has 0 aliphatic heterocycles. The first-order chi connectivity index (χ1) is 14.1. The highest BCUT2D eigenvalue weighted by Gasteiger charge is 2.26. The third kappa shape index (κ3) is 3.62. The highest BCUT2D eigenvalue weighted by atomic mass is 35.5. The Bertz CT molecular complexity index is 1290. The van der Waals surface area contributed by atoms with Crippen molar-refractivity contribution >= 4 is 22.5 Å². The van der Waals surface area contributed by atoms with E-state index in [0.29, 0.717) is 27.3 Å². The van der Waals surface area contributed by atoms with E-state index in [1.807, 2.05) is 25.4 Å². The Kier molecular flexibility index (Phi) is 4.95. The summed E-state index contributed by atoms with van der Waals surface area (Å²) in [6.45, 7) is 5.13. The SMILES string of the molecule is CC(n1cnc2c(-c3cnn(C)c3)nc(-c3ccc(Cl)cc3)cc2c1=O)C(C)(C)O. The molecule has 4 aromatic rings. The van der Waals surface area contributed by atoms with Crippen LogP contribution in [0.25, 0.3) is 33.4 Å². The minimum absolute atomic E-state index is 0.239. The average molecular weight is 424 g/mol. The number of aromatic nitrogens is 5. The van der Waals surface area contributed by atoms with Gasteiger partial charge < -0.3 is 5.11 Å². The summed E-state index contributed by atoms with van der Waals surface area (Å²) in [5.74, 6) is 0. The van der Waals surface area contributed by atoms with Gasteiger partial charge in [-0.2, -0.15) is 5.10 Å². The largest absolute Gasteiger partial charge is 0.388 e. The number of aryl methyl sites for hydroxylation is 1. The molecule has 0 bridgehead atoms. The molecule has 30 heavy (non-hydrogen) atoms. The number of benzene rings is 1. The Morgan fingerprint density at radius 2 is 1.87 bits per heavy atom. The Hall–Kier alpha value is -3.03. The summed E-state index contributed by atoms with van der Waals surface area (Å²) < 4.78 is 3.14. The maximum absolute atomic E-state index is 13.4. The molecule has 0 fully saturated rings. The first-order valence-electron chi connectivity index (χ1n) is 9.54. The summed E-state index contributed by atoms with van der Waals surface area (Å²) in [7, 11) is 1.82. The second kappa shape index (κ2) is 7.34. The van der Waals surface area contributed by atoms with Gasteiger partial charge in [-0.1, -0.05) is 23.7 Å². The van der Waals surface area contributed by atoms with Crippen molar-refractivity contribution in [2.24, 2.45) is 7.05 Å². The van der Waals surface area contributed by atoms with E-state index in [-0.39, 0.29) is 5.56 Å². The number of hydrogen-bond donors (Lipinski definition) is 1. The highest BCUT2D eigenvalue weighted by Crippen LogP contribution is 2.30. The Balaban J connectivity index is 2.03. The summed E-state index contributed by atoms with van der Waals surface area (Å²) in [6, 6.07) is 8.56. The molecule has 0 spiro atoms. The van der Waals surface area contributed by atoms with Gasteiger partial charge in [-0.25, -0.2) is 9.97 Å². The lowest BCUT2D eigenvalue weighted by molar-refractivity contribution is 0.0290. The number of fused-ring (bicyclic) bond motifs is 1. The van der Waals surface area contributed by atoms with E-state index >= 15 is 0 Å². The van der Waals surface area contributed by atoms with E-state index < -0.39 is 11.6 Å². The standard InChI is InChI=1S/C22H22ClN5O2/c1-13(22(2,3)30)28-12-24-20-17(21(28)29)9-18(14-5-7-16(23)8-6-14)26-19(20)15-10-25-27(4)11-15/h5-13,30H,1-4H3. The summed E-state index contributed by atoms with van der Waals surface area (Å²) in [6.07, 6.45) is 5.00. The third-order valence-electron chi connectivity index (χ3n) is 5.33. The van der Waals surface area contributed by atoms with Crippen molar-refractivity contribution in [3.05, 3.63) is 64.4 Å². The van der Waals surface area contributed by atoms with Gasteiger partial charge in [0.15, 0.2) is 0 Å². The van der Waals surface area contributed by atoms with E-state index in [4.69, 9.17) is 16.6 Å². The van der Waals surface area contributed by atoms with Crippen molar-refractivity contribution in [1.82, 2.24) is 24.3 Å². The molecule has 3 aromatic heterocycles. The van der Waals surface area contributed by atoms with E-state index in [0.717, 1.165) is 11.1 Å². The smallest absolute Gasteiger partial charge is 0.261 e. The van der Waals surface area contributed by atoms with E-state index in [2.05, 4.69) is 10.1 Å². The number of pyridine rings is 1. The van der Waals surface area contributed by atoms with Crippen LogP contribution in [0.1, 0.15) is 26.8 Å². The van der Waals surface area contributed by atoms with Gasteiger partial charge in [0.25, 0.3) is 5.56 Å². The molecular weight excluding hydrogens is 402 g/mol. The molecule has 154 valence electrons. The molecule has 4 rings (SSSR count). The Morgan fingerprint density at radius 3 is 2.47 bits per heavy atom. The quantitative estimate of drug-likeness (QED) is 0.539. The molecule has 0 aliphatic rings. The number of halogens is 1. The van der Waals surface area contributed by atoms with Crippen molar-refractivity contribution in [3.63, 3.8) is 0 Å². The predicted octanol–water partition coefficient (Wildman–Crippen LogP) is 3.84. The van der Waals surface area contributed by atoms with Gasteiger partial charge in [0.1, 0.15) is 11.2 Å². The van der Waals surface area contributed by atoms with Crippen LogP contribution in [0.3, 0.4) is 0 Å². The lowest BCUT2D eigenvalue weighted by Gasteiger charge is -2.27. The third-order valence-corrected chi connectivity index (χ3v) is 5.58. The lowest BCUT2D eigenvalue weighted by atomic mass is 10.0. The van der Waals surface area contributed by atoms with Crippen LogP contribution in [0.2, 0.25) is 5.02 Å². The Labute approximate surface area is 178 Å². The molecular formula is C22H22ClN5O2. The molecule has 3 heterocycles. The average Bonchev–Trinajstić information content (AvgIpc) is 3.13. The van der Waals surface area contributed by atoms with Crippen molar-refractivity contribution < 1.29 is 5.11 Å². The van der Waals surface area contributed by atoms with Gasteiger partial charge in [0.2, 0.25) is 0 Å². The van der Waals surface area contributed by atoms with E-state index in [1.165, 1.54) is 10.9 Å². The number of aliphatic hydroxyl groups is 1. The summed E-state index contributed by atoms with van der Waals surface area (Å²) in [5.41, 5.74) is 1.96. The van der Waals surface area contributed by atoms with Crippen LogP contribution in [0.5, 0.6) is 0 Å². The molecule has 7 nitrogen and oxygen atoms in total. The minimum Gasteiger partial charge on any atom is -0.388 e. The molecule has 8 heteroatoms. The summed E-state index contributed by atoms with van der Waals surface area (Å²) in [4.78, 5) is 22.7. The van der Waals surface area contributed by atoms with Crippen LogP contribution >= 0.6 is 11.6 Å². The Morgan fingerprint density at radius 1 is 1.17 bits per heavy atom. The fourth-order valence-electron chi connectivity index (χ4n) is 3.27. The van der Waals surface area contributed by atoms with Crippen molar-refractivity contribution in [2.75, 3.05) is 0 Å². The van der Waals surface area contributed by atoms with Gasteiger partial charge in [-0.05, 0) is 39.0 Å². The van der Waals surface area contributed by atoms with E-state index in [1.54, 1.807) is 49.8 Å². The monoisotopic (exact) mass is 423 g/mol. The molecule has 1 aromatic carbocycles. The molecule has 0 aliphatic carbocycles. The van der Waals surface area contributed by atoms with Crippen LogP contribution in [-0.4, -0.2) is 35.0 Å². The van der Waals surface area contributed by atoms with Crippen LogP contribution in [0.4, 0.5) is 0 Å². The first kappa shape index (κ1) is 20.3. The fraction of sp³-hybridized carbons (Fsp3) is 0.273. The number of hydrogen-bond acceptors (Lipinski definition) is 5. The molecule has 1 atom stereocenters. The lowest BCUT2D eigenvalue weighted by Crippen LogP contribution is -2.37. The zero-order valence-electron chi connectivity index (χ0n) is 17.2.